The minimum Gasteiger partial charge on any atom is -0.392 e. The van der Waals surface area contributed by atoms with Crippen molar-refractivity contribution >= 4 is 11.8 Å². The van der Waals surface area contributed by atoms with E-state index < -0.39 is 0 Å². The van der Waals surface area contributed by atoms with Crippen LogP contribution in [0.2, 0.25) is 0 Å². The topological polar surface area (TPSA) is 44.0 Å². The van der Waals surface area contributed by atoms with Crippen LogP contribution in [0.15, 0.2) is 23.1 Å². The van der Waals surface area contributed by atoms with Crippen LogP contribution in [0.4, 0.5) is 0 Å². The first-order chi connectivity index (χ1) is 5.83. The smallest absolute Gasteiger partial charge is 0.100 e. The molecule has 0 heterocycles. The van der Waals surface area contributed by atoms with Gasteiger partial charge in [-0.25, -0.2) is 0 Å². The van der Waals surface area contributed by atoms with Gasteiger partial charge in [0.2, 0.25) is 0 Å². The van der Waals surface area contributed by atoms with Gasteiger partial charge in [-0.1, -0.05) is 12.1 Å². The number of nitrogens with zero attached hydrogens (tertiary/aromatic N) is 1. The van der Waals surface area contributed by atoms with Gasteiger partial charge in [0.1, 0.15) is 6.07 Å². The lowest BCUT2D eigenvalue weighted by molar-refractivity contribution is 0.279. The summed E-state index contributed by atoms with van der Waals surface area (Å²) in [5.41, 5.74) is 1.45. The lowest BCUT2D eigenvalue weighted by atomic mass is 10.1. The molecule has 0 aliphatic rings. The minimum atomic E-state index is -0.00824. The van der Waals surface area contributed by atoms with E-state index in [1.165, 1.54) is 11.8 Å². The maximum Gasteiger partial charge on any atom is 0.100 e. The highest BCUT2D eigenvalue weighted by Gasteiger charge is 2.04. The van der Waals surface area contributed by atoms with E-state index in [0.717, 1.165) is 10.5 Å². The highest BCUT2D eigenvalue weighted by atomic mass is 32.2. The van der Waals surface area contributed by atoms with E-state index in [4.69, 9.17) is 10.4 Å². The third kappa shape index (κ3) is 1.60. The van der Waals surface area contributed by atoms with Crippen LogP contribution in [0, 0.1) is 11.3 Å². The number of thioether (sulfide) groups is 1. The molecular formula is C9H9NOS. The molecule has 0 fully saturated rings. The fourth-order valence-electron chi connectivity index (χ4n) is 1.04. The summed E-state index contributed by atoms with van der Waals surface area (Å²) in [6.45, 7) is -0.00824. The van der Waals surface area contributed by atoms with Gasteiger partial charge in [-0.2, -0.15) is 5.26 Å². The number of aliphatic hydroxyl groups excluding tert-OH is 1. The van der Waals surface area contributed by atoms with Crippen molar-refractivity contribution in [3.63, 3.8) is 0 Å². The van der Waals surface area contributed by atoms with Crippen LogP contribution >= 0.6 is 11.8 Å². The third-order valence-corrected chi connectivity index (χ3v) is 2.48. The third-order valence-electron chi connectivity index (χ3n) is 1.59. The molecule has 0 unspecified atom stereocenters. The highest BCUT2D eigenvalue weighted by molar-refractivity contribution is 7.98. The summed E-state index contributed by atoms with van der Waals surface area (Å²) in [7, 11) is 0. The molecule has 0 aromatic heterocycles. The van der Waals surface area contributed by atoms with E-state index in [2.05, 4.69) is 6.07 Å². The molecule has 12 heavy (non-hydrogen) atoms. The Bertz CT molecular complexity index is 317. The van der Waals surface area contributed by atoms with E-state index in [1.54, 1.807) is 12.1 Å². The summed E-state index contributed by atoms with van der Waals surface area (Å²) < 4.78 is 0. The average Bonchev–Trinajstić information content (AvgIpc) is 2.16. The summed E-state index contributed by atoms with van der Waals surface area (Å²) in [4.78, 5) is 0.877. The molecule has 0 atom stereocenters. The maximum absolute atomic E-state index is 8.95. The maximum atomic E-state index is 8.95. The Morgan fingerprint density at radius 3 is 2.83 bits per heavy atom. The van der Waals surface area contributed by atoms with E-state index in [-0.39, 0.29) is 6.61 Å². The van der Waals surface area contributed by atoms with Crippen molar-refractivity contribution in [2.24, 2.45) is 0 Å². The van der Waals surface area contributed by atoms with Crippen molar-refractivity contribution in [1.29, 1.82) is 5.26 Å². The van der Waals surface area contributed by atoms with Crippen LogP contribution in [0.5, 0.6) is 0 Å². The monoisotopic (exact) mass is 179 g/mol. The molecule has 1 aromatic rings. The largest absolute Gasteiger partial charge is 0.392 e. The van der Waals surface area contributed by atoms with E-state index in [0.29, 0.717) is 5.56 Å². The Kier molecular flexibility index (Phi) is 3.15. The molecule has 1 rings (SSSR count). The van der Waals surface area contributed by atoms with E-state index in [9.17, 15) is 0 Å². The van der Waals surface area contributed by atoms with Crippen LogP contribution in [0.1, 0.15) is 11.1 Å². The van der Waals surface area contributed by atoms with Crippen LogP contribution in [0.25, 0.3) is 0 Å². The summed E-state index contributed by atoms with van der Waals surface area (Å²) in [5.74, 6) is 0. The fourth-order valence-corrected chi connectivity index (χ4v) is 1.77. The van der Waals surface area contributed by atoms with Gasteiger partial charge in [0.25, 0.3) is 0 Å². The predicted octanol–water partition coefficient (Wildman–Crippen LogP) is 1.77. The van der Waals surface area contributed by atoms with Gasteiger partial charge in [-0.15, -0.1) is 11.8 Å². The number of rotatable bonds is 2. The Morgan fingerprint density at radius 1 is 1.58 bits per heavy atom. The Balaban J connectivity index is 3.24. The molecule has 0 aliphatic carbocycles. The van der Waals surface area contributed by atoms with Gasteiger partial charge < -0.3 is 5.11 Å². The molecule has 0 saturated carbocycles. The van der Waals surface area contributed by atoms with Gasteiger partial charge >= 0.3 is 0 Å². The first-order valence-electron chi connectivity index (χ1n) is 3.50. The van der Waals surface area contributed by atoms with Crippen LogP contribution in [0.3, 0.4) is 0 Å². The quantitative estimate of drug-likeness (QED) is 0.704. The fraction of sp³-hybridized carbons (Fsp3) is 0.222. The second-order valence-electron chi connectivity index (χ2n) is 2.27. The van der Waals surface area contributed by atoms with Crippen LogP contribution in [-0.4, -0.2) is 11.4 Å². The molecule has 62 valence electrons. The van der Waals surface area contributed by atoms with Crippen molar-refractivity contribution in [2.75, 3.05) is 6.26 Å². The zero-order valence-electron chi connectivity index (χ0n) is 6.74. The average molecular weight is 179 g/mol. The summed E-state index contributed by atoms with van der Waals surface area (Å²) in [5, 5.41) is 17.7. The molecular weight excluding hydrogens is 170 g/mol. The standard InChI is InChI=1S/C9H9NOS/c1-12-9-7(5-10)3-2-4-8(9)6-11/h2-4,11H,6H2,1H3. The lowest BCUT2D eigenvalue weighted by Gasteiger charge is -2.04. The highest BCUT2D eigenvalue weighted by Crippen LogP contribution is 2.24. The van der Waals surface area contributed by atoms with Crippen LogP contribution < -0.4 is 0 Å². The lowest BCUT2D eigenvalue weighted by Crippen LogP contribution is -1.90. The predicted molar refractivity (Wildman–Crippen MR) is 48.9 cm³/mol. The van der Waals surface area contributed by atoms with Gasteiger partial charge in [0.15, 0.2) is 0 Å². The van der Waals surface area contributed by atoms with Crippen molar-refractivity contribution < 1.29 is 5.11 Å². The minimum absolute atomic E-state index is 0.00824. The SMILES string of the molecule is CSc1c(C#N)cccc1CO. The normalized spacial score (nSPS) is 9.42. The van der Waals surface area contributed by atoms with Crippen LogP contribution in [-0.2, 0) is 6.61 Å². The first-order valence-corrected chi connectivity index (χ1v) is 4.72. The van der Waals surface area contributed by atoms with Crippen molar-refractivity contribution in [3.8, 4) is 6.07 Å². The molecule has 0 bridgehead atoms. The van der Waals surface area contributed by atoms with Gasteiger partial charge in [0.05, 0.1) is 12.2 Å². The Labute approximate surface area is 75.8 Å². The van der Waals surface area contributed by atoms with E-state index in [1.807, 2.05) is 12.3 Å². The molecule has 0 radical (unpaired) electrons. The first kappa shape index (κ1) is 9.11. The number of hydrogen-bond acceptors (Lipinski definition) is 3. The molecule has 1 N–H and O–H groups in total. The van der Waals surface area contributed by atoms with Crippen molar-refractivity contribution in [2.45, 2.75) is 11.5 Å². The van der Waals surface area contributed by atoms with Crippen molar-refractivity contribution in [3.05, 3.63) is 29.3 Å². The number of nitriles is 1. The zero-order chi connectivity index (χ0) is 8.97. The Hall–Kier alpha value is -0.980. The molecule has 3 heteroatoms. The molecule has 0 spiro atoms. The number of hydrogen-bond donors (Lipinski definition) is 1. The molecule has 0 aliphatic heterocycles. The summed E-state index contributed by atoms with van der Waals surface area (Å²) >= 11 is 1.49. The zero-order valence-corrected chi connectivity index (χ0v) is 7.56. The van der Waals surface area contributed by atoms with Gasteiger partial charge in [-0.3, -0.25) is 0 Å². The summed E-state index contributed by atoms with van der Waals surface area (Å²) in [6.07, 6.45) is 1.90. The van der Waals surface area contributed by atoms with Gasteiger partial charge in [0, 0.05) is 4.90 Å². The molecule has 0 amide bonds. The van der Waals surface area contributed by atoms with E-state index >= 15 is 0 Å². The second kappa shape index (κ2) is 4.15. The van der Waals surface area contributed by atoms with Gasteiger partial charge in [-0.05, 0) is 17.9 Å². The number of aliphatic hydroxyl groups is 1. The number of benzene rings is 1. The Morgan fingerprint density at radius 2 is 2.33 bits per heavy atom. The summed E-state index contributed by atoms with van der Waals surface area (Å²) in [6, 6.07) is 7.45. The molecule has 1 aromatic carbocycles. The molecule has 0 saturated heterocycles. The van der Waals surface area contributed by atoms with Crippen molar-refractivity contribution in [1.82, 2.24) is 0 Å². The second-order valence-corrected chi connectivity index (χ2v) is 3.08. The molecule has 2 nitrogen and oxygen atoms in total.